The zero-order chi connectivity index (χ0) is 16.5. The van der Waals surface area contributed by atoms with Gasteiger partial charge in [0.25, 0.3) is 0 Å². The second kappa shape index (κ2) is 6.10. The first kappa shape index (κ1) is 16.2. The summed E-state index contributed by atoms with van der Waals surface area (Å²) < 4.78 is 17.0. The highest BCUT2D eigenvalue weighted by atomic mass is 16.7. The van der Waals surface area contributed by atoms with E-state index in [0.717, 1.165) is 31.2 Å². The molecule has 0 amide bonds. The Kier molecular flexibility index (Phi) is 4.30. The molecule has 1 unspecified atom stereocenters. The van der Waals surface area contributed by atoms with Gasteiger partial charge in [0.1, 0.15) is 5.60 Å². The van der Waals surface area contributed by atoms with Gasteiger partial charge in [0.2, 0.25) is 0 Å². The van der Waals surface area contributed by atoms with Crippen molar-refractivity contribution in [3.63, 3.8) is 0 Å². The number of carbonyl (C=O) groups is 1. The van der Waals surface area contributed by atoms with Crippen LogP contribution in [0.3, 0.4) is 0 Å². The van der Waals surface area contributed by atoms with Crippen molar-refractivity contribution < 1.29 is 19.0 Å². The number of allylic oxidation sites excluding steroid dienone is 1. The summed E-state index contributed by atoms with van der Waals surface area (Å²) in [6.07, 6.45) is 5.22. The normalized spacial score (nSPS) is 30.7. The Morgan fingerprint density at radius 2 is 1.74 bits per heavy atom. The van der Waals surface area contributed by atoms with Gasteiger partial charge in [0.05, 0.1) is 12.7 Å². The average molecular weight is 316 g/mol. The number of rotatable bonds is 5. The number of methoxy groups -OCH3 is 2. The van der Waals surface area contributed by atoms with Crippen molar-refractivity contribution in [1.82, 2.24) is 0 Å². The lowest BCUT2D eigenvalue weighted by molar-refractivity contribution is -0.211. The van der Waals surface area contributed by atoms with Gasteiger partial charge < -0.3 is 14.2 Å². The van der Waals surface area contributed by atoms with E-state index in [4.69, 9.17) is 14.2 Å². The van der Waals surface area contributed by atoms with Gasteiger partial charge in [0.15, 0.2) is 6.29 Å². The number of hydrogen-bond donors (Lipinski definition) is 0. The first-order valence-electron chi connectivity index (χ1n) is 8.09. The van der Waals surface area contributed by atoms with Gasteiger partial charge >= 0.3 is 5.97 Å². The molecule has 0 aromatic heterocycles. The van der Waals surface area contributed by atoms with E-state index < -0.39 is 11.9 Å². The Morgan fingerprint density at radius 3 is 2.30 bits per heavy atom. The summed E-state index contributed by atoms with van der Waals surface area (Å²) >= 11 is 0. The molecule has 1 atom stereocenters. The van der Waals surface area contributed by atoms with E-state index in [0.29, 0.717) is 5.57 Å². The summed E-state index contributed by atoms with van der Waals surface area (Å²) in [5.74, 6) is -0.293. The number of ether oxygens (including phenoxy) is 3. The van der Waals surface area contributed by atoms with Crippen molar-refractivity contribution in [2.24, 2.45) is 5.41 Å². The Morgan fingerprint density at radius 1 is 1.09 bits per heavy atom. The number of hydrogen-bond acceptors (Lipinski definition) is 4. The maximum atomic E-state index is 12.3. The van der Waals surface area contributed by atoms with E-state index in [9.17, 15) is 4.79 Å². The lowest BCUT2D eigenvalue weighted by atomic mass is 9.60. The van der Waals surface area contributed by atoms with Gasteiger partial charge in [-0.3, -0.25) is 0 Å². The molecule has 1 aromatic rings. The van der Waals surface area contributed by atoms with Gasteiger partial charge in [-0.2, -0.15) is 0 Å². The van der Waals surface area contributed by atoms with Crippen molar-refractivity contribution in [2.45, 2.75) is 44.5 Å². The van der Waals surface area contributed by atoms with Crippen LogP contribution in [0, 0.1) is 5.41 Å². The van der Waals surface area contributed by atoms with Gasteiger partial charge in [-0.05, 0) is 31.1 Å². The smallest absolute Gasteiger partial charge is 0.336 e. The second-order valence-corrected chi connectivity index (χ2v) is 6.79. The molecule has 1 saturated carbocycles. The molecular formula is C19H24O4. The van der Waals surface area contributed by atoms with Crippen LogP contribution in [0.25, 0.3) is 0 Å². The Hall–Kier alpha value is -1.65. The van der Waals surface area contributed by atoms with Crippen molar-refractivity contribution >= 4 is 5.97 Å². The molecule has 1 fully saturated rings. The zero-order valence-corrected chi connectivity index (χ0v) is 14.0. The number of benzene rings is 1. The largest absolute Gasteiger partial charge is 0.466 e. The summed E-state index contributed by atoms with van der Waals surface area (Å²) in [5.41, 5.74) is 1.07. The molecule has 4 nitrogen and oxygen atoms in total. The minimum atomic E-state index is -0.610. The number of carbonyl (C=O) groups excluding carboxylic acids is 1. The molecule has 1 aromatic carbocycles. The van der Waals surface area contributed by atoms with Crippen LogP contribution in [0.15, 0.2) is 42.0 Å². The summed E-state index contributed by atoms with van der Waals surface area (Å²) in [7, 11) is 3.05. The van der Waals surface area contributed by atoms with Crippen molar-refractivity contribution in [2.75, 3.05) is 14.2 Å². The number of fused-ring (bicyclic) bond motifs is 2. The van der Waals surface area contributed by atoms with E-state index in [2.05, 4.69) is 13.0 Å². The molecule has 124 valence electrons. The molecule has 4 heteroatoms. The van der Waals surface area contributed by atoms with Gasteiger partial charge in [0, 0.05) is 12.7 Å². The molecule has 0 heterocycles. The fourth-order valence-electron chi connectivity index (χ4n) is 3.72. The maximum absolute atomic E-state index is 12.3. The topological polar surface area (TPSA) is 44.8 Å². The third-order valence-electron chi connectivity index (χ3n) is 5.21. The molecule has 2 bridgehead atoms. The van der Waals surface area contributed by atoms with E-state index >= 15 is 0 Å². The van der Waals surface area contributed by atoms with Crippen LogP contribution >= 0.6 is 0 Å². The zero-order valence-electron chi connectivity index (χ0n) is 14.0. The molecule has 3 aliphatic carbocycles. The summed E-state index contributed by atoms with van der Waals surface area (Å²) in [6.45, 7) is 2.20. The van der Waals surface area contributed by atoms with Crippen LogP contribution in [0.5, 0.6) is 0 Å². The Balaban J connectivity index is 1.93. The maximum Gasteiger partial charge on any atom is 0.336 e. The Bertz CT molecular complexity index is 597. The molecule has 0 radical (unpaired) electrons. The van der Waals surface area contributed by atoms with E-state index in [-0.39, 0.29) is 11.4 Å². The Labute approximate surface area is 137 Å². The van der Waals surface area contributed by atoms with E-state index in [1.807, 2.05) is 30.3 Å². The minimum Gasteiger partial charge on any atom is -0.466 e. The molecular weight excluding hydrogens is 292 g/mol. The first-order valence-corrected chi connectivity index (χ1v) is 8.09. The van der Waals surface area contributed by atoms with E-state index in [1.165, 1.54) is 7.11 Å². The number of esters is 1. The van der Waals surface area contributed by atoms with Crippen molar-refractivity contribution in [3.05, 3.63) is 47.5 Å². The highest BCUT2D eigenvalue weighted by molar-refractivity contribution is 5.91. The van der Waals surface area contributed by atoms with Crippen LogP contribution < -0.4 is 0 Å². The quantitative estimate of drug-likeness (QED) is 0.612. The SMILES string of the molecule is COC(=O)C1=CC2(C)CCC1(OC(OC)c1ccccc1)CC2. The van der Waals surface area contributed by atoms with Crippen LogP contribution in [0.2, 0.25) is 0 Å². The summed E-state index contributed by atoms with van der Waals surface area (Å²) in [5, 5.41) is 0. The molecule has 4 rings (SSSR count). The predicted octanol–water partition coefficient (Wildman–Crippen LogP) is 3.78. The fourth-order valence-corrected chi connectivity index (χ4v) is 3.72. The molecule has 0 aliphatic heterocycles. The molecule has 0 spiro atoms. The van der Waals surface area contributed by atoms with E-state index in [1.54, 1.807) is 7.11 Å². The summed E-state index contributed by atoms with van der Waals surface area (Å²) in [4.78, 5) is 12.3. The highest BCUT2D eigenvalue weighted by Crippen LogP contribution is 2.54. The van der Waals surface area contributed by atoms with Gasteiger partial charge in [-0.25, -0.2) is 4.79 Å². The monoisotopic (exact) mass is 316 g/mol. The lowest BCUT2D eigenvalue weighted by Gasteiger charge is -2.50. The van der Waals surface area contributed by atoms with Crippen LogP contribution in [-0.2, 0) is 19.0 Å². The third kappa shape index (κ3) is 2.93. The first-order chi connectivity index (χ1) is 11.0. The molecule has 0 N–H and O–H groups in total. The third-order valence-corrected chi connectivity index (χ3v) is 5.21. The van der Waals surface area contributed by atoms with Gasteiger partial charge in [-0.1, -0.05) is 43.3 Å². The predicted molar refractivity (Wildman–Crippen MR) is 86.7 cm³/mol. The van der Waals surface area contributed by atoms with Crippen LogP contribution in [0.4, 0.5) is 0 Å². The average Bonchev–Trinajstić information content (AvgIpc) is 2.60. The molecule has 3 aliphatic rings. The summed E-state index contributed by atoms with van der Waals surface area (Å²) in [6, 6.07) is 9.82. The molecule has 23 heavy (non-hydrogen) atoms. The second-order valence-electron chi connectivity index (χ2n) is 6.79. The van der Waals surface area contributed by atoms with Crippen molar-refractivity contribution in [3.8, 4) is 0 Å². The van der Waals surface area contributed by atoms with Crippen LogP contribution in [-0.4, -0.2) is 25.8 Å². The lowest BCUT2D eigenvalue weighted by Crippen LogP contribution is -2.49. The standard InChI is InChI=1S/C19H24O4/c1-18-9-11-19(12-10-18,15(13-18)16(20)21-2)23-17(22-3)14-7-5-4-6-8-14/h4-8,13,17H,9-12H2,1-3H3. The minimum absolute atomic E-state index is 0.0734. The highest BCUT2D eigenvalue weighted by Gasteiger charge is 2.52. The van der Waals surface area contributed by atoms with Gasteiger partial charge in [-0.15, -0.1) is 0 Å². The fraction of sp³-hybridized carbons (Fsp3) is 0.526. The van der Waals surface area contributed by atoms with Crippen molar-refractivity contribution in [1.29, 1.82) is 0 Å². The van der Waals surface area contributed by atoms with Crippen LogP contribution in [0.1, 0.15) is 44.5 Å². The molecule has 0 saturated heterocycles.